The minimum Gasteiger partial charge on any atom is -0.298 e. The van der Waals surface area contributed by atoms with Crippen molar-refractivity contribution < 1.29 is 27.1 Å². The smallest absolute Gasteiger partial charge is 0.298 e. The van der Waals surface area contributed by atoms with Gasteiger partial charge >= 0.3 is 10.1 Å². The SMILES string of the molecule is CC1C(=O)N(OS(=O)(=O)C23CCC(CC2=O)C3(C)C)C(=O)C1C. The van der Waals surface area contributed by atoms with E-state index in [-0.39, 0.29) is 24.5 Å². The average Bonchev–Trinajstić information content (AvgIpc) is 2.91. The number of carbonyl (C=O) groups excluding carboxylic acids is 3. The van der Waals surface area contributed by atoms with Crippen LogP contribution in [-0.4, -0.2) is 35.8 Å². The van der Waals surface area contributed by atoms with Gasteiger partial charge in [-0.25, -0.2) is 0 Å². The summed E-state index contributed by atoms with van der Waals surface area (Å²) in [4.78, 5) is 36.6. The molecule has 0 aromatic rings. The van der Waals surface area contributed by atoms with Gasteiger partial charge in [-0.15, -0.1) is 9.35 Å². The number of rotatable bonds is 3. The van der Waals surface area contributed by atoms with Crippen LogP contribution in [0.15, 0.2) is 0 Å². The van der Waals surface area contributed by atoms with Crippen molar-refractivity contribution in [1.29, 1.82) is 0 Å². The van der Waals surface area contributed by atoms with Gasteiger partial charge in [0.15, 0.2) is 10.5 Å². The third-order valence-electron chi connectivity index (χ3n) is 6.32. The van der Waals surface area contributed by atoms with Crippen LogP contribution in [-0.2, 0) is 28.8 Å². The van der Waals surface area contributed by atoms with Crippen molar-refractivity contribution in [3.63, 3.8) is 0 Å². The molecule has 2 aliphatic carbocycles. The van der Waals surface area contributed by atoms with Crippen LogP contribution >= 0.6 is 0 Å². The van der Waals surface area contributed by atoms with Crippen molar-refractivity contribution in [3.05, 3.63) is 0 Å². The van der Waals surface area contributed by atoms with Gasteiger partial charge in [0, 0.05) is 18.3 Å². The Kier molecular flexibility index (Phi) is 3.34. The number of hydrogen-bond acceptors (Lipinski definition) is 6. The van der Waals surface area contributed by atoms with Gasteiger partial charge in [-0.2, -0.15) is 8.42 Å². The molecular weight excluding hydrogens is 322 g/mol. The van der Waals surface area contributed by atoms with E-state index in [1.807, 2.05) is 0 Å². The second-order valence-electron chi connectivity index (χ2n) is 7.49. The van der Waals surface area contributed by atoms with E-state index >= 15 is 0 Å². The first kappa shape index (κ1) is 16.6. The fraction of sp³-hybridized carbons (Fsp3) is 0.800. The molecule has 8 heteroatoms. The maximum atomic E-state index is 12.9. The van der Waals surface area contributed by atoms with E-state index in [1.54, 1.807) is 27.7 Å². The Bertz CT molecular complexity index is 691. The van der Waals surface area contributed by atoms with E-state index in [1.165, 1.54) is 0 Å². The molecule has 1 heterocycles. The molecule has 4 unspecified atom stereocenters. The molecule has 0 aromatic carbocycles. The highest BCUT2D eigenvalue weighted by Crippen LogP contribution is 2.62. The lowest BCUT2D eigenvalue weighted by molar-refractivity contribution is -0.166. The quantitative estimate of drug-likeness (QED) is 0.710. The molecule has 4 atom stereocenters. The highest BCUT2D eigenvalue weighted by Gasteiger charge is 2.72. The molecule has 23 heavy (non-hydrogen) atoms. The monoisotopic (exact) mass is 343 g/mol. The summed E-state index contributed by atoms with van der Waals surface area (Å²) in [5.41, 5.74) is -0.772. The van der Waals surface area contributed by atoms with E-state index in [0.29, 0.717) is 11.5 Å². The van der Waals surface area contributed by atoms with Crippen LogP contribution in [0.3, 0.4) is 0 Å². The maximum Gasteiger partial charge on any atom is 0.302 e. The standard InChI is InChI=1S/C15H21NO6S/c1-8-9(2)13(19)16(12(8)18)22-23(20,21)15-6-5-10(7-11(15)17)14(15,3)4/h8-10H,5-7H2,1-4H3. The summed E-state index contributed by atoms with van der Waals surface area (Å²) in [6.07, 6.45) is 0.994. The highest BCUT2D eigenvalue weighted by molar-refractivity contribution is 7.89. The second kappa shape index (κ2) is 4.63. The Morgan fingerprint density at radius 1 is 1.09 bits per heavy atom. The van der Waals surface area contributed by atoms with Crippen molar-refractivity contribution in [2.75, 3.05) is 0 Å². The predicted molar refractivity (Wildman–Crippen MR) is 79.0 cm³/mol. The molecule has 0 aromatic heterocycles. The Balaban J connectivity index is 1.99. The molecule has 0 N–H and O–H groups in total. The van der Waals surface area contributed by atoms with Gasteiger partial charge in [-0.05, 0) is 24.2 Å². The van der Waals surface area contributed by atoms with Crippen LogP contribution in [0, 0.1) is 23.2 Å². The largest absolute Gasteiger partial charge is 0.302 e. The Labute approximate surface area is 135 Å². The predicted octanol–water partition coefficient (Wildman–Crippen LogP) is 1.04. The summed E-state index contributed by atoms with van der Waals surface area (Å²) in [6.45, 7) is 6.59. The van der Waals surface area contributed by atoms with E-state index < -0.39 is 43.9 Å². The third-order valence-corrected chi connectivity index (χ3v) is 8.47. The summed E-state index contributed by atoms with van der Waals surface area (Å²) >= 11 is 0. The first-order valence-electron chi connectivity index (χ1n) is 7.82. The van der Waals surface area contributed by atoms with Crippen LogP contribution in [0.25, 0.3) is 0 Å². The van der Waals surface area contributed by atoms with Crippen LogP contribution in [0.2, 0.25) is 0 Å². The van der Waals surface area contributed by atoms with Crippen LogP contribution in [0.4, 0.5) is 0 Å². The zero-order chi connectivity index (χ0) is 17.4. The minimum absolute atomic E-state index is 0.0174. The summed E-state index contributed by atoms with van der Waals surface area (Å²) in [6, 6.07) is 0. The van der Waals surface area contributed by atoms with Crippen molar-refractivity contribution in [3.8, 4) is 0 Å². The number of amides is 2. The number of fused-ring (bicyclic) bond motifs is 2. The fourth-order valence-corrected chi connectivity index (χ4v) is 6.37. The van der Waals surface area contributed by atoms with Crippen LogP contribution in [0.1, 0.15) is 47.0 Å². The fourth-order valence-electron chi connectivity index (χ4n) is 4.36. The van der Waals surface area contributed by atoms with E-state index in [9.17, 15) is 22.8 Å². The van der Waals surface area contributed by atoms with Gasteiger partial charge < -0.3 is 0 Å². The van der Waals surface area contributed by atoms with E-state index in [4.69, 9.17) is 4.28 Å². The molecule has 128 valence electrons. The Morgan fingerprint density at radius 3 is 2.00 bits per heavy atom. The van der Waals surface area contributed by atoms with Gasteiger partial charge in [0.1, 0.15) is 0 Å². The molecule has 1 aliphatic heterocycles. The summed E-state index contributed by atoms with van der Waals surface area (Å²) in [5, 5.41) is 0.342. The van der Waals surface area contributed by atoms with E-state index in [0.717, 1.165) is 0 Å². The summed E-state index contributed by atoms with van der Waals surface area (Å²) in [5.74, 6) is -3.03. The molecule has 0 spiro atoms. The molecule has 1 saturated heterocycles. The number of hydrogen-bond donors (Lipinski definition) is 0. The lowest BCUT2D eigenvalue weighted by atomic mass is 9.81. The average molecular weight is 343 g/mol. The Hall–Kier alpha value is -1.28. The molecule has 3 fully saturated rings. The molecule has 3 rings (SSSR count). The molecule has 2 bridgehead atoms. The lowest BCUT2D eigenvalue weighted by Crippen LogP contribution is -2.53. The van der Waals surface area contributed by atoms with Crippen molar-refractivity contribution in [2.24, 2.45) is 23.2 Å². The number of carbonyl (C=O) groups is 3. The lowest BCUT2D eigenvalue weighted by Gasteiger charge is -2.35. The van der Waals surface area contributed by atoms with Crippen LogP contribution in [0.5, 0.6) is 0 Å². The second-order valence-corrected chi connectivity index (χ2v) is 9.24. The number of ketones is 1. The first-order valence-corrected chi connectivity index (χ1v) is 9.23. The molecule has 7 nitrogen and oxygen atoms in total. The normalized spacial score (nSPS) is 39.6. The van der Waals surface area contributed by atoms with Gasteiger partial charge in [0.25, 0.3) is 11.8 Å². The van der Waals surface area contributed by atoms with Gasteiger partial charge in [0.05, 0.1) is 0 Å². The zero-order valence-corrected chi connectivity index (χ0v) is 14.5. The Morgan fingerprint density at radius 2 is 1.61 bits per heavy atom. The summed E-state index contributed by atoms with van der Waals surface area (Å²) in [7, 11) is -4.45. The van der Waals surface area contributed by atoms with Gasteiger partial charge in [-0.3, -0.25) is 14.4 Å². The van der Waals surface area contributed by atoms with E-state index in [2.05, 4.69) is 0 Å². The first-order chi connectivity index (χ1) is 10.5. The van der Waals surface area contributed by atoms with Crippen molar-refractivity contribution in [2.45, 2.75) is 51.7 Å². The number of hydroxylamine groups is 2. The number of nitrogens with zero attached hydrogens (tertiary/aromatic N) is 1. The van der Waals surface area contributed by atoms with Gasteiger partial charge in [0.2, 0.25) is 0 Å². The maximum absolute atomic E-state index is 12.9. The topological polar surface area (TPSA) is 97.8 Å². The third kappa shape index (κ3) is 1.79. The molecule has 2 saturated carbocycles. The highest BCUT2D eigenvalue weighted by atomic mass is 32.2. The molecular formula is C15H21NO6S. The van der Waals surface area contributed by atoms with Crippen molar-refractivity contribution in [1.82, 2.24) is 5.06 Å². The van der Waals surface area contributed by atoms with Crippen LogP contribution < -0.4 is 0 Å². The number of Topliss-reactive ketones (excluding diaryl/α,β-unsaturated/α-hetero) is 1. The number of imide groups is 1. The van der Waals surface area contributed by atoms with Crippen molar-refractivity contribution >= 4 is 27.7 Å². The molecule has 2 amide bonds. The molecule has 3 aliphatic rings. The van der Waals surface area contributed by atoms with Gasteiger partial charge in [-0.1, -0.05) is 27.7 Å². The molecule has 0 radical (unpaired) electrons. The minimum atomic E-state index is -4.45. The summed E-state index contributed by atoms with van der Waals surface area (Å²) < 4.78 is 29.1. The zero-order valence-electron chi connectivity index (χ0n) is 13.7.